The summed E-state index contributed by atoms with van der Waals surface area (Å²) in [6.07, 6.45) is 0. The van der Waals surface area contributed by atoms with Gasteiger partial charge in [0.25, 0.3) is 0 Å². The van der Waals surface area contributed by atoms with E-state index in [9.17, 15) is 0 Å². The summed E-state index contributed by atoms with van der Waals surface area (Å²) in [7, 11) is 0. The zero-order valence-electron chi connectivity index (χ0n) is 9.94. The second-order valence-electron chi connectivity index (χ2n) is 4.15. The summed E-state index contributed by atoms with van der Waals surface area (Å²) in [6.45, 7) is 0. The molecule has 0 aliphatic heterocycles. The number of hydrogen-bond acceptors (Lipinski definition) is 0. The Kier molecular flexibility index (Phi) is 4.09. The topological polar surface area (TPSA) is 0 Å². The minimum absolute atomic E-state index is 0.323. The van der Waals surface area contributed by atoms with Crippen molar-refractivity contribution in [2.45, 2.75) is 0 Å². The molecule has 0 aliphatic rings. The van der Waals surface area contributed by atoms with E-state index < -0.39 is 0 Å². The van der Waals surface area contributed by atoms with Gasteiger partial charge in [0.1, 0.15) is 0 Å². The molecular weight excluding hydrogens is 431 g/mol. The van der Waals surface area contributed by atoms with Crippen molar-refractivity contribution in [2.24, 2.45) is 0 Å². The Morgan fingerprint density at radius 2 is 1.42 bits per heavy atom. The third-order valence-corrected chi connectivity index (χ3v) is 6.29. The maximum atomic E-state index is 3.68. The van der Waals surface area contributed by atoms with E-state index in [0.29, 0.717) is 15.0 Å². The Morgan fingerprint density at radius 3 is 2.16 bits per heavy atom. The summed E-state index contributed by atoms with van der Waals surface area (Å²) >= 11 is 7.48. The molecule has 3 aromatic rings. The van der Waals surface area contributed by atoms with E-state index in [2.05, 4.69) is 92.5 Å². The van der Waals surface area contributed by atoms with Crippen LogP contribution in [0.25, 0.3) is 10.8 Å². The molecular formula is C16H10Br2Se. The third kappa shape index (κ3) is 2.95. The van der Waals surface area contributed by atoms with E-state index in [1.165, 1.54) is 24.2 Å². The van der Waals surface area contributed by atoms with Crippen LogP contribution in [0.2, 0.25) is 0 Å². The van der Waals surface area contributed by atoms with E-state index in [1.54, 1.807) is 0 Å². The van der Waals surface area contributed by atoms with Gasteiger partial charge in [0.05, 0.1) is 0 Å². The average molecular weight is 441 g/mol. The summed E-state index contributed by atoms with van der Waals surface area (Å²) in [5, 5.41) is 2.64. The molecule has 0 aliphatic carbocycles. The number of rotatable bonds is 2. The van der Waals surface area contributed by atoms with Crippen molar-refractivity contribution in [3.05, 3.63) is 69.6 Å². The molecule has 3 aromatic carbocycles. The first-order valence-corrected chi connectivity index (χ1v) is 9.14. The second kappa shape index (κ2) is 5.80. The van der Waals surface area contributed by atoms with Crippen LogP contribution in [-0.2, 0) is 0 Å². The molecule has 3 heteroatoms. The molecule has 0 radical (unpaired) electrons. The SMILES string of the molecule is Brc1ccc([Se]c2cccc3cccc(Br)c23)cc1. The van der Waals surface area contributed by atoms with Gasteiger partial charge in [-0.25, -0.2) is 0 Å². The van der Waals surface area contributed by atoms with Gasteiger partial charge in [-0.1, -0.05) is 0 Å². The monoisotopic (exact) mass is 440 g/mol. The van der Waals surface area contributed by atoms with Crippen LogP contribution in [0.5, 0.6) is 0 Å². The zero-order valence-corrected chi connectivity index (χ0v) is 14.8. The third-order valence-electron chi connectivity index (χ3n) is 2.86. The molecule has 0 saturated carbocycles. The summed E-state index contributed by atoms with van der Waals surface area (Å²) < 4.78 is 5.12. The number of hydrogen-bond donors (Lipinski definition) is 0. The molecule has 19 heavy (non-hydrogen) atoms. The Hall–Kier alpha value is -0.601. The number of fused-ring (bicyclic) bond motifs is 1. The van der Waals surface area contributed by atoms with Gasteiger partial charge in [-0.15, -0.1) is 0 Å². The van der Waals surface area contributed by atoms with Crippen molar-refractivity contribution in [2.75, 3.05) is 0 Å². The van der Waals surface area contributed by atoms with Crippen LogP contribution < -0.4 is 8.92 Å². The van der Waals surface area contributed by atoms with Crippen molar-refractivity contribution in [3.63, 3.8) is 0 Å². The van der Waals surface area contributed by atoms with Crippen LogP contribution >= 0.6 is 31.9 Å². The molecule has 3 rings (SSSR count). The van der Waals surface area contributed by atoms with E-state index in [-0.39, 0.29) is 0 Å². The van der Waals surface area contributed by atoms with Gasteiger partial charge in [0.15, 0.2) is 0 Å². The average Bonchev–Trinajstić information content (AvgIpc) is 2.42. The zero-order chi connectivity index (χ0) is 13.2. The second-order valence-corrected chi connectivity index (χ2v) is 8.26. The first-order valence-electron chi connectivity index (χ1n) is 5.85. The molecule has 0 atom stereocenters. The summed E-state index contributed by atoms with van der Waals surface area (Å²) in [4.78, 5) is 0. The molecule has 0 nitrogen and oxygen atoms in total. The van der Waals surface area contributed by atoms with Crippen molar-refractivity contribution < 1.29 is 0 Å². The molecule has 0 N–H and O–H groups in total. The van der Waals surface area contributed by atoms with Gasteiger partial charge >= 0.3 is 136 Å². The van der Waals surface area contributed by atoms with Crippen LogP contribution in [-0.4, -0.2) is 15.0 Å². The molecule has 0 spiro atoms. The van der Waals surface area contributed by atoms with Crippen LogP contribution in [0.3, 0.4) is 0 Å². The molecule has 0 heterocycles. The summed E-state index contributed by atoms with van der Waals surface area (Å²) in [6, 6.07) is 21.5. The van der Waals surface area contributed by atoms with Gasteiger partial charge < -0.3 is 0 Å². The Bertz CT molecular complexity index is 715. The van der Waals surface area contributed by atoms with Crippen molar-refractivity contribution in [1.29, 1.82) is 0 Å². The number of benzene rings is 3. The molecule has 0 fully saturated rings. The van der Waals surface area contributed by atoms with Crippen molar-refractivity contribution >= 4 is 66.5 Å². The predicted molar refractivity (Wildman–Crippen MR) is 90.8 cm³/mol. The molecule has 0 amide bonds. The standard InChI is InChI=1S/C16H10Br2Se/c17-12-7-9-13(10-8-12)19-15-6-2-4-11-3-1-5-14(18)16(11)15/h1-10H. The van der Waals surface area contributed by atoms with E-state index >= 15 is 0 Å². The van der Waals surface area contributed by atoms with E-state index in [1.807, 2.05) is 0 Å². The van der Waals surface area contributed by atoms with Gasteiger partial charge in [-0.3, -0.25) is 0 Å². The Labute approximate surface area is 135 Å². The van der Waals surface area contributed by atoms with Crippen LogP contribution in [0.4, 0.5) is 0 Å². The molecule has 0 bridgehead atoms. The predicted octanol–water partition coefficient (Wildman–Crippen LogP) is 4.02. The van der Waals surface area contributed by atoms with Gasteiger partial charge in [-0.05, 0) is 0 Å². The van der Waals surface area contributed by atoms with E-state index in [4.69, 9.17) is 0 Å². The minimum atomic E-state index is 0.323. The Morgan fingerprint density at radius 1 is 0.737 bits per heavy atom. The van der Waals surface area contributed by atoms with Crippen LogP contribution in [0.15, 0.2) is 69.6 Å². The molecule has 0 unspecified atom stereocenters. The first-order chi connectivity index (χ1) is 9.24. The molecule has 0 aromatic heterocycles. The quantitative estimate of drug-likeness (QED) is 0.528. The van der Waals surface area contributed by atoms with Gasteiger partial charge in [-0.2, -0.15) is 0 Å². The number of halogens is 2. The first kappa shape index (κ1) is 13.4. The molecule has 0 saturated heterocycles. The fraction of sp³-hybridized carbons (Fsp3) is 0. The summed E-state index contributed by atoms with van der Waals surface area (Å²) in [5.41, 5.74) is 0. The fourth-order valence-electron chi connectivity index (χ4n) is 1.98. The van der Waals surface area contributed by atoms with E-state index in [0.717, 1.165) is 4.47 Å². The Balaban J connectivity index is 2.08. The van der Waals surface area contributed by atoms with Gasteiger partial charge in [0.2, 0.25) is 0 Å². The van der Waals surface area contributed by atoms with Crippen molar-refractivity contribution in [1.82, 2.24) is 0 Å². The maximum absolute atomic E-state index is 3.68. The fourth-order valence-corrected chi connectivity index (χ4v) is 5.24. The van der Waals surface area contributed by atoms with Crippen LogP contribution in [0.1, 0.15) is 0 Å². The summed E-state index contributed by atoms with van der Waals surface area (Å²) in [5.74, 6) is 0. The van der Waals surface area contributed by atoms with Crippen molar-refractivity contribution in [3.8, 4) is 0 Å². The van der Waals surface area contributed by atoms with Crippen LogP contribution in [0, 0.1) is 0 Å². The normalized spacial score (nSPS) is 10.8. The van der Waals surface area contributed by atoms with Gasteiger partial charge in [0, 0.05) is 0 Å². The molecule has 94 valence electrons.